The van der Waals surface area contributed by atoms with Gasteiger partial charge in [-0.2, -0.15) is 0 Å². The SMILES string of the molecule is CNCCc1ccc(O)c(S(C)(=O)=O)c1F. The maximum Gasteiger partial charge on any atom is 0.182 e. The van der Waals surface area contributed by atoms with E-state index in [2.05, 4.69) is 5.32 Å². The van der Waals surface area contributed by atoms with Crippen LogP contribution in [-0.4, -0.2) is 33.4 Å². The predicted molar refractivity (Wildman–Crippen MR) is 58.8 cm³/mol. The van der Waals surface area contributed by atoms with Crippen molar-refractivity contribution in [2.75, 3.05) is 19.8 Å². The molecule has 0 fully saturated rings. The summed E-state index contributed by atoms with van der Waals surface area (Å²) in [5.41, 5.74) is 0.271. The number of hydrogen-bond donors (Lipinski definition) is 2. The average Bonchev–Trinajstić information content (AvgIpc) is 2.14. The molecule has 0 aromatic heterocycles. The van der Waals surface area contributed by atoms with Crippen LogP contribution in [-0.2, 0) is 16.3 Å². The Morgan fingerprint density at radius 3 is 2.56 bits per heavy atom. The molecule has 0 atom stereocenters. The molecule has 4 nitrogen and oxygen atoms in total. The normalized spacial score (nSPS) is 11.7. The average molecular weight is 247 g/mol. The number of hydrogen-bond acceptors (Lipinski definition) is 4. The molecule has 0 aliphatic heterocycles. The van der Waals surface area contributed by atoms with Gasteiger partial charge in [-0.1, -0.05) is 6.07 Å². The molecule has 0 unspecified atom stereocenters. The van der Waals surface area contributed by atoms with Gasteiger partial charge < -0.3 is 10.4 Å². The van der Waals surface area contributed by atoms with Crippen LogP contribution in [0.4, 0.5) is 4.39 Å². The summed E-state index contributed by atoms with van der Waals surface area (Å²) >= 11 is 0. The molecule has 16 heavy (non-hydrogen) atoms. The summed E-state index contributed by atoms with van der Waals surface area (Å²) in [5.74, 6) is -1.41. The molecule has 0 amide bonds. The number of phenols is 1. The fraction of sp³-hybridized carbons (Fsp3) is 0.400. The minimum absolute atomic E-state index is 0.271. The second kappa shape index (κ2) is 4.80. The monoisotopic (exact) mass is 247 g/mol. The third kappa shape index (κ3) is 2.70. The third-order valence-corrected chi connectivity index (χ3v) is 3.30. The van der Waals surface area contributed by atoms with E-state index >= 15 is 0 Å². The lowest BCUT2D eigenvalue weighted by Crippen LogP contribution is -2.12. The number of sulfone groups is 1. The van der Waals surface area contributed by atoms with E-state index in [9.17, 15) is 17.9 Å². The van der Waals surface area contributed by atoms with Crippen molar-refractivity contribution in [1.82, 2.24) is 5.32 Å². The first-order valence-corrected chi connectivity index (χ1v) is 6.62. The summed E-state index contributed by atoms with van der Waals surface area (Å²) in [4.78, 5) is -0.624. The lowest BCUT2D eigenvalue weighted by molar-refractivity contribution is 0.442. The Bertz CT molecular complexity index is 485. The van der Waals surface area contributed by atoms with Gasteiger partial charge in [0.25, 0.3) is 0 Å². The van der Waals surface area contributed by atoms with Crippen LogP contribution in [0.3, 0.4) is 0 Å². The van der Waals surface area contributed by atoms with Crippen LogP contribution < -0.4 is 5.32 Å². The van der Waals surface area contributed by atoms with Gasteiger partial charge in [-0.15, -0.1) is 0 Å². The molecule has 0 radical (unpaired) electrons. The highest BCUT2D eigenvalue weighted by Gasteiger charge is 2.21. The molecule has 2 N–H and O–H groups in total. The van der Waals surface area contributed by atoms with Crippen LogP contribution in [0.5, 0.6) is 5.75 Å². The molecule has 90 valence electrons. The van der Waals surface area contributed by atoms with Crippen molar-refractivity contribution in [3.63, 3.8) is 0 Å². The van der Waals surface area contributed by atoms with Crippen LogP contribution in [0.1, 0.15) is 5.56 Å². The van der Waals surface area contributed by atoms with Crippen LogP contribution in [0, 0.1) is 5.82 Å². The van der Waals surface area contributed by atoms with Crippen molar-refractivity contribution in [3.05, 3.63) is 23.5 Å². The molecule has 0 aliphatic rings. The summed E-state index contributed by atoms with van der Waals surface area (Å²) in [6.45, 7) is 0.533. The Morgan fingerprint density at radius 1 is 1.44 bits per heavy atom. The summed E-state index contributed by atoms with van der Waals surface area (Å²) in [6.07, 6.45) is 1.23. The number of halogens is 1. The van der Waals surface area contributed by atoms with Gasteiger partial charge in [-0.05, 0) is 31.6 Å². The van der Waals surface area contributed by atoms with E-state index in [0.29, 0.717) is 13.0 Å². The number of aromatic hydroxyl groups is 1. The molecule has 6 heteroatoms. The smallest absolute Gasteiger partial charge is 0.182 e. The highest BCUT2D eigenvalue weighted by atomic mass is 32.2. The minimum atomic E-state index is -3.76. The van der Waals surface area contributed by atoms with Crippen LogP contribution in [0.25, 0.3) is 0 Å². The van der Waals surface area contributed by atoms with E-state index in [0.717, 1.165) is 6.26 Å². The van der Waals surface area contributed by atoms with E-state index in [1.54, 1.807) is 7.05 Å². The van der Waals surface area contributed by atoms with Crippen molar-refractivity contribution in [1.29, 1.82) is 0 Å². The van der Waals surface area contributed by atoms with Crippen LogP contribution in [0.2, 0.25) is 0 Å². The Morgan fingerprint density at radius 2 is 2.06 bits per heavy atom. The molecule has 0 saturated carbocycles. The molecule has 0 bridgehead atoms. The lowest BCUT2D eigenvalue weighted by atomic mass is 10.1. The predicted octanol–water partition coefficient (Wildman–Crippen LogP) is 0.697. The van der Waals surface area contributed by atoms with Gasteiger partial charge in [0.05, 0.1) is 0 Å². The van der Waals surface area contributed by atoms with Crippen molar-refractivity contribution >= 4 is 9.84 Å². The first kappa shape index (κ1) is 12.9. The molecule has 0 spiro atoms. The van der Waals surface area contributed by atoms with Crippen LogP contribution in [0.15, 0.2) is 17.0 Å². The van der Waals surface area contributed by atoms with Crippen molar-refractivity contribution in [2.24, 2.45) is 0 Å². The number of benzene rings is 1. The first-order valence-electron chi connectivity index (χ1n) is 4.73. The van der Waals surface area contributed by atoms with E-state index in [-0.39, 0.29) is 5.56 Å². The third-order valence-electron chi connectivity index (χ3n) is 2.17. The Balaban J connectivity index is 3.28. The maximum absolute atomic E-state index is 13.8. The fourth-order valence-corrected chi connectivity index (χ4v) is 2.30. The lowest BCUT2D eigenvalue weighted by Gasteiger charge is -2.08. The van der Waals surface area contributed by atoms with Gasteiger partial charge >= 0.3 is 0 Å². The first-order chi connectivity index (χ1) is 7.38. The van der Waals surface area contributed by atoms with Gasteiger partial charge in [0.2, 0.25) is 0 Å². The zero-order valence-corrected chi connectivity index (χ0v) is 9.94. The Hall–Kier alpha value is -1.14. The second-order valence-electron chi connectivity index (χ2n) is 3.51. The zero-order chi connectivity index (χ0) is 12.3. The summed E-state index contributed by atoms with van der Waals surface area (Å²) in [7, 11) is -2.04. The standard InChI is InChI=1S/C10H14FNO3S/c1-12-6-5-7-3-4-8(13)10(9(7)11)16(2,14)15/h3-4,12-13H,5-6H2,1-2H3. The highest BCUT2D eigenvalue weighted by Crippen LogP contribution is 2.27. The number of phenolic OH excluding ortho intramolecular Hbond substituents is 1. The highest BCUT2D eigenvalue weighted by molar-refractivity contribution is 7.90. The van der Waals surface area contributed by atoms with E-state index < -0.39 is 26.3 Å². The van der Waals surface area contributed by atoms with Gasteiger partial charge in [0.15, 0.2) is 9.84 Å². The summed E-state index contributed by atoms with van der Waals surface area (Å²) < 4.78 is 36.4. The quantitative estimate of drug-likeness (QED) is 0.822. The summed E-state index contributed by atoms with van der Waals surface area (Å²) in [6, 6.07) is 2.58. The minimum Gasteiger partial charge on any atom is -0.506 e. The van der Waals surface area contributed by atoms with E-state index in [1.807, 2.05) is 0 Å². The zero-order valence-electron chi connectivity index (χ0n) is 9.12. The maximum atomic E-state index is 13.8. The molecule has 1 rings (SSSR count). The van der Waals surface area contributed by atoms with Gasteiger partial charge in [-0.25, -0.2) is 12.8 Å². The van der Waals surface area contributed by atoms with Gasteiger partial charge in [0.1, 0.15) is 16.5 Å². The van der Waals surface area contributed by atoms with Crippen molar-refractivity contribution in [2.45, 2.75) is 11.3 Å². The number of nitrogens with one attached hydrogen (secondary N) is 1. The fourth-order valence-electron chi connectivity index (χ4n) is 1.39. The molecule has 0 heterocycles. The molecule has 0 aliphatic carbocycles. The van der Waals surface area contributed by atoms with E-state index in [4.69, 9.17) is 0 Å². The molecular weight excluding hydrogens is 233 g/mol. The van der Waals surface area contributed by atoms with E-state index in [1.165, 1.54) is 12.1 Å². The van der Waals surface area contributed by atoms with Crippen molar-refractivity contribution in [3.8, 4) is 5.75 Å². The number of likely N-dealkylation sites (N-methyl/N-ethyl adjacent to an activating group) is 1. The molecular formula is C10H14FNO3S. The van der Waals surface area contributed by atoms with Gasteiger partial charge in [-0.3, -0.25) is 0 Å². The van der Waals surface area contributed by atoms with Crippen LogP contribution >= 0.6 is 0 Å². The summed E-state index contributed by atoms with van der Waals surface area (Å²) in [5, 5.41) is 12.2. The Kier molecular flexibility index (Phi) is 3.88. The largest absolute Gasteiger partial charge is 0.506 e. The molecule has 1 aromatic rings. The second-order valence-corrected chi connectivity index (χ2v) is 5.47. The number of rotatable bonds is 4. The van der Waals surface area contributed by atoms with Gasteiger partial charge in [0, 0.05) is 6.26 Å². The van der Waals surface area contributed by atoms with Crippen molar-refractivity contribution < 1.29 is 17.9 Å². The topological polar surface area (TPSA) is 66.4 Å². The molecule has 0 saturated heterocycles. The Labute approximate surface area is 94.0 Å². The molecule has 1 aromatic carbocycles.